The summed E-state index contributed by atoms with van der Waals surface area (Å²) in [4.78, 5) is 4.33. The van der Waals surface area contributed by atoms with Crippen LogP contribution >= 0.6 is 0 Å². The zero-order valence-electron chi connectivity index (χ0n) is 8.23. The maximum Gasteiger partial charge on any atom is 0.216 e. The van der Waals surface area contributed by atoms with Crippen LogP contribution in [-0.4, -0.2) is 25.1 Å². The van der Waals surface area contributed by atoms with E-state index >= 15 is 0 Å². The molecule has 0 saturated heterocycles. The Morgan fingerprint density at radius 3 is 2.93 bits per heavy atom. The lowest BCUT2D eigenvalue weighted by atomic mass is 10.1. The molecule has 0 fully saturated rings. The van der Waals surface area contributed by atoms with Gasteiger partial charge in [-0.1, -0.05) is 18.2 Å². The Hall–Kier alpha value is -1.35. The van der Waals surface area contributed by atoms with Crippen molar-refractivity contribution in [2.24, 2.45) is 10.7 Å². The number of nitrogens with two attached hydrogens (primary N) is 1. The number of benzene rings is 1. The minimum absolute atomic E-state index is 0.0598. The molecular weight excluding hydrogens is 176 g/mol. The average Bonchev–Trinajstić information content (AvgIpc) is 2.67. The predicted molar refractivity (Wildman–Crippen MR) is 56.5 cm³/mol. The second-order valence-corrected chi connectivity index (χ2v) is 3.44. The third-order valence-electron chi connectivity index (χ3n) is 2.36. The van der Waals surface area contributed by atoms with Gasteiger partial charge in [-0.15, -0.1) is 0 Å². The first-order valence-electron chi connectivity index (χ1n) is 4.78. The fourth-order valence-electron chi connectivity index (χ4n) is 1.50. The molecule has 0 aromatic heterocycles. The Labute approximate surface area is 83.6 Å². The van der Waals surface area contributed by atoms with Crippen molar-refractivity contribution in [1.29, 1.82) is 0 Å². The number of rotatable bonds is 2. The molecule has 1 aliphatic rings. The molecule has 0 bridgehead atoms. The predicted octanol–water partition coefficient (Wildman–Crippen LogP) is 1.10. The smallest absolute Gasteiger partial charge is 0.216 e. The lowest BCUT2D eigenvalue weighted by molar-refractivity contribution is 0.233. The van der Waals surface area contributed by atoms with Crippen molar-refractivity contribution in [1.82, 2.24) is 0 Å². The molecule has 0 spiro atoms. The Bertz CT molecular complexity index is 360. The second-order valence-electron chi connectivity index (χ2n) is 3.44. The van der Waals surface area contributed by atoms with Gasteiger partial charge >= 0.3 is 0 Å². The van der Waals surface area contributed by atoms with Gasteiger partial charge < -0.3 is 10.5 Å². The molecule has 0 amide bonds. The van der Waals surface area contributed by atoms with Gasteiger partial charge in [0.2, 0.25) is 5.90 Å². The number of aryl methyl sites for hydroxylation is 1. The molecule has 1 aliphatic heterocycles. The van der Waals surface area contributed by atoms with Crippen LogP contribution in [0.1, 0.15) is 11.1 Å². The molecule has 1 heterocycles. The van der Waals surface area contributed by atoms with E-state index in [0.29, 0.717) is 13.1 Å². The van der Waals surface area contributed by atoms with E-state index in [2.05, 4.69) is 18.0 Å². The van der Waals surface area contributed by atoms with Crippen molar-refractivity contribution >= 4 is 5.90 Å². The Morgan fingerprint density at radius 1 is 1.50 bits per heavy atom. The van der Waals surface area contributed by atoms with Crippen molar-refractivity contribution in [2.75, 3.05) is 13.1 Å². The summed E-state index contributed by atoms with van der Waals surface area (Å²) in [6.45, 7) is 3.26. The summed E-state index contributed by atoms with van der Waals surface area (Å²) in [6, 6.07) is 8.07. The lowest BCUT2D eigenvalue weighted by Gasteiger charge is -2.09. The third kappa shape index (κ3) is 1.63. The van der Waals surface area contributed by atoms with E-state index in [4.69, 9.17) is 10.5 Å². The quantitative estimate of drug-likeness (QED) is 0.759. The zero-order valence-corrected chi connectivity index (χ0v) is 8.23. The second kappa shape index (κ2) is 3.80. The highest BCUT2D eigenvalue weighted by Crippen LogP contribution is 2.14. The minimum atomic E-state index is 0.0598. The largest absolute Gasteiger partial charge is 0.471 e. The summed E-state index contributed by atoms with van der Waals surface area (Å²) in [5.41, 5.74) is 7.77. The molecule has 1 aromatic rings. The van der Waals surface area contributed by atoms with Crippen LogP contribution in [-0.2, 0) is 4.74 Å². The van der Waals surface area contributed by atoms with Crippen LogP contribution in [0.2, 0.25) is 0 Å². The normalized spacial score (nSPS) is 20.4. The van der Waals surface area contributed by atoms with Gasteiger partial charge in [0, 0.05) is 12.1 Å². The summed E-state index contributed by atoms with van der Waals surface area (Å²) in [5.74, 6) is 0.735. The first-order chi connectivity index (χ1) is 6.81. The van der Waals surface area contributed by atoms with Crippen molar-refractivity contribution in [2.45, 2.75) is 13.0 Å². The highest BCUT2D eigenvalue weighted by atomic mass is 16.5. The summed E-state index contributed by atoms with van der Waals surface area (Å²) >= 11 is 0. The molecule has 74 valence electrons. The fraction of sp³-hybridized carbons (Fsp3) is 0.364. The number of ether oxygens (including phenoxy) is 1. The topological polar surface area (TPSA) is 47.6 Å². The first kappa shape index (κ1) is 9.21. The molecule has 14 heavy (non-hydrogen) atoms. The number of hydrogen-bond donors (Lipinski definition) is 1. The van der Waals surface area contributed by atoms with Gasteiger partial charge in [-0.05, 0) is 18.6 Å². The molecule has 1 unspecified atom stereocenters. The van der Waals surface area contributed by atoms with Gasteiger partial charge in [0.1, 0.15) is 6.10 Å². The van der Waals surface area contributed by atoms with Crippen molar-refractivity contribution in [3.05, 3.63) is 35.4 Å². The van der Waals surface area contributed by atoms with E-state index in [-0.39, 0.29) is 6.10 Å². The van der Waals surface area contributed by atoms with E-state index in [9.17, 15) is 0 Å². The summed E-state index contributed by atoms with van der Waals surface area (Å²) in [7, 11) is 0. The molecule has 3 heteroatoms. The number of hydrogen-bond acceptors (Lipinski definition) is 3. The summed E-state index contributed by atoms with van der Waals surface area (Å²) in [6.07, 6.45) is 0.0598. The van der Waals surface area contributed by atoms with Crippen LogP contribution in [0.25, 0.3) is 0 Å². The van der Waals surface area contributed by atoms with Crippen LogP contribution in [0.3, 0.4) is 0 Å². The van der Waals surface area contributed by atoms with Crippen LogP contribution in [0.4, 0.5) is 0 Å². The van der Waals surface area contributed by atoms with E-state index in [0.717, 1.165) is 11.5 Å². The Morgan fingerprint density at radius 2 is 2.29 bits per heavy atom. The molecule has 0 aliphatic carbocycles. The fourth-order valence-corrected chi connectivity index (χ4v) is 1.50. The molecule has 1 atom stereocenters. The molecule has 0 radical (unpaired) electrons. The Balaban J connectivity index is 2.22. The standard InChI is InChI=1S/C11H14N2O/c1-8-4-2-3-5-10(8)11-13-7-9(6-12)14-11/h2-5,9H,6-7,12H2,1H3. The van der Waals surface area contributed by atoms with Crippen LogP contribution < -0.4 is 5.73 Å². The number of aliphatic imine (C=N–C) groups is 1. The van der Waals surface area contributed by atoms with Gasteiger partial charge in [-0.2, -0.15) is 0 Å². The molecular formula is C11H14N2O. The van der Waals surface area contributed by atoms with E-state index in [1.165, 1.54) is 5.56 Å². The van der Waals surface area contributed by atoms with Crippen molar-refractivity contribution in [3.63, 3.8) is 0 Å². The maximum absolute atomic E-state index is 5.60. The monoisotopic (exact) mass is 190 g/mol. The third-order valence-corrected chi connectivity index (χ3v) is 2.36. The maximum atomic E-state index is 5.60. The van der Waals surface area contributed by atoms with E-state index in [1.807, 2.05) is 18.2 Å². The molecule has 1 aromatic carbocycles. The highest BCUT2D eigenvalue weighted by Gasteiger charge is 2.20. The molecule has 3 nitrogen and oxygen atoms in total. The summed E-state index contributed by atoms with van der Waals surface area (Å²) < 4.78 is 5.60. The van der Waals surface area contributed by atoms with Gasteiger partial charge in [-0.25, -0.2) is 4.99 Å². The Kier molecular flexibility index (Phi) is 2.50. The molecule has 2 N–H and O–H groups in total. The highest BCUT2D eigenvalue weighted by molar-refractivity contribution is 5.96. The average molecular weight is 190 g/mol. The van der Waals surface area contributed by atoms with Crippen molar-refractivity contribution in [3.8, 4) is 0 Å². The zero-order chi connectivity index (χ0) is 9.97. The first-order valence-corrected chi connectivity index (χ1v) is 4.78. The SMILES string of the molecule is Cc1ccccc1C1=NCC(CN)O1. The van der Waals surface area contributed by atoms with Gasteiger partial charge in [0.25, 0.3) is 0 Å². The minimum Gasteiger partial charge on any atom is -0.471 e. The summed E-state index contributed by atoms with van der Waals surface area (Å²) in [5, 5.41) is 0. The number of nitrogens with zero attached hydrogens (tertiary/aromatic N) is 1. The van der Waals surface area contributed by atoms with Gasteiger partial charge in [0.05, 0.1) is 6.54 Å². The van der Waals surface area contributed by atoms with Crippen LogP contribution in [0, 0.1) is 6.92 Å². The van der Waals surface area contributed by atoms with Gasteiger partial charge in [0.15, 0.2) is 0 Å². The molecule has 0 saturated carbocycles. The molecule has 2 rings (SSSR count). The van der Waals surface area contributed by atoms with Crippen LogP contribution in [0.15, 0.2) is 29.3 Å². The van der Waals surface area contributed by atoms with E-state index in [1.54, 1.807) is 0 Å². The van der Waals surface area contributed by atoms with E-state index < -0.39 is 0 Å². The van der Waals surface area contributed by atoms with Crippen LogP contribution in [0.5, 0.6) is 0 Å². The van der Waals surface area contributed by atoms with Gasteiger partial charge in [-0.3, -0.25) is 0 Å². The lowest BCUT2D eigenvalue weighted by Crippen LogP contribution is -2.24. The van der Waals surface area contributed by atoms with Crippen molar-refractivity contribution < 1.29 is 4.74 Å².